The van der Waals surface area contributed by atoms with Gasteiger partial charge in [-0.15, -0.1) is 0 Å². The smallest absolute Gasteiger partial charge is 0.152 e. The molecule has 0 unspecified atom stereocenters. The van der Waals surface area contributed by atoms with Crippen molar-refractivity contribution >= 4 is 37.6 Å². The van der Waals surface area contributed by atoms with Crippen LogP contribution in [-0.2, 0) is 16.4 Å². The Morgan fingerprint density at radius 2 is 1.88 bits per heavy atom. The monoisotopic (exact) mass is 346 g/mol. The van der Waals surface area contributed by atoms with Gasteiger partial charge in [-0.1, -0.05) is 24.6 Å². The Balaban J connectivity index is 1.89. The molecule has 2 N–H and O–H groups in total. The maximum atomic E-state index is 11.2. The lowest BCUT2D eigenvalue weighted by molar-refractivity contribution is 0.581. The topological polar surface area (TPSA) is 90.9 Å². The minimum atomic E-state index is -2.88. The molecule has 1 aromatic carbocycles. The minimum Gasteiger partial charge on any atom is -0.382 e. The summed E-state index contributed by atoms with van der Waals surface area (Å²) in [4.78, 5) is 9.01. The van der Waals surface area contributed by atoms with Crippen LogP contribution in [0, 0.1) is 6.92 Å². The van der Waals surface area contributed by atoms with Crippen LogP contribution < -0.4 is 5.73 Å². The second-order valence-electron chi connectivity index (χ2n) is 6.21. The number of benzene rings is 1. The Bertz CT molecular complexity index is 993. The number of imidazole rings is 1. The van der Waals surface area contributed by atoms with Crippen LogP contribution in [0.15, 0.2) is 24.3 Å². The number of hydrogen-bond donors (Lipinski definition) is 1. The molecule has 0 aliphatic carbocycles. The molecule has 128 valence electrons. The number of aryl methyl sites for hydroxylation is 2. The molecule has 2 heterocycles. The second-order valence-corrected chi connectivity index (χ2v) is 8.47. The van der Waals surface area contributed by atoms with Gasteiger partial charge in [0.25, 0.3) is 0 Å². The van der Waals surface area contributed by atoms with Crippen LogP contribution in [0.3, 0.4) is 0 Å². The molecule has 0 radical (unpaired) electrons. The van der Waals surface area contributed by atoms with Gasteiger partial charge in [-0.2, -0.15) is 0 Å². The molecule has 0 saturated carbocycles. The van der Waals surface area contributed by atoms with Crippen LogP contribution >= 0.6 is 0 Å². The van der Waals surface area contributed by atoms with Crippen molar-refractivity contribution < 1.29 is 8.42 Å². The highest BCUT2D eigenvalue weighted by atomic mass is 32.2. The molecule has 0 aliphatic heterocycles. The summed E-state index contributed by atoms with van der Waals surface area (Å²) >= 11 is 0. The largest absolute Gasteiger partial charge is 0.382 e. The molecule has 2 aromatic heterocycles. The van der Waals surface area contributed by atoms with E-state index in [1.54, 1.807) is 0 Å². The van der Waals surface area contributed by atoms with Crippen molar-refractivity contribution in [1.82, 2.24) is 14.5 Å². The Morgan fingerprint density at radius 3 is 2.62 bits per heavy atom. The molecule has 6 nitrogen and oxygen atoms in total. The van der Waals surface area contributed by atoms with E-state index >= 15 is 0 Å². The summed E-state index contributed by atoms with van der Waals surface area (Å²) in [5.74, 6) is 1.59. The van der Waals surface area contributed by atoms with Gasteiger partial charge >= 0.3 is 0 Å². The fourth-order valence-electron chi connectivity index (χ4n) is 3.05. The first kappa shape index (κ1) is 16.7. The number of unbranched alkanes of at least 4 members (excludes halogenated alkanes) is 2. The van der Waals surface area contributed by atoms with E-state index in [1.165, 1.54) is 6.26 Å². The zero-order chi connectivity index (χ0) is 17.3. The first-order valence-corrected chi connectivity index (χ1v) is 10.1. The number of nitrogens with two attached hydrogens (primary N) is 1. The van der Waals surface area contributed by atoms with Gasteiger partial charge < -0.3 is 10.3 Å². The number of fused-ring (bicyclic) bond motifs is 3. The van der Waals surface area contributed by atoms with Crippen molar-refractivity contribution in [2.45, 2.75) is 32.7 Å². The summed E-state index contributed by atoms with van der Waals surface area (Å²) in [5.41, 5.74) is 8.69. The van der Waals surface area contributed by atoms with Gasteiger partial charge in [0, 0.05) is 23.9 Å². The van der Waals surface area contributed by atoms with Gasteiger partial charge in [0.15, 0.2) is 5.82 Å². The first-order valence-electron chi connectivity index (χ1n) is 8.05. The molecule has 0 atom stereocenters. The highest BCUT2D eigenvalue weighted by Gasteiger charge is 2.14. The van der Waals surface area contributed by atoms with Gasteiger partial charge in [0.2, 0.25) is 0 Å². The van der Waals surface area contributed by atoms with Crippen molar-refractivity contribution in [2.75, 3.05) is 17.7 Å². The summed E-state index contributed by atoms with van der Waals surface area (Å²) in [5, 5.41) is 1.04. The van der Waals surface area contributed by atoms with Gasteiger partial charge in [0.05, 0.1) is 11.0 Å². The molecule has 0 saturated heterocycles. The molecule has 24 heavy (non-hydrogen) atoms. The van der Waals surface area contributed by atoms with Crippen LogP contribution in [0.1, 0.15) is 25.1 Å². The number of hydrogen-bond acceptors (Lipinski definition) is 5. The average Bonchev–Trinajstić information content (AvgIpc) is 2.84. The fraction of sp³-hybridized carbons (Fsp3) is 0.412. The van der Waals surface area contributed by atoms with Crippen molar-refractivity contribution in [3.63, 3.8) is 0 Å². The number of nitrogen functional groups attached to an aromatic ring is 1. The normalized spacial score (nSPS) is 12.2. The Kier molecular flexibility index (Phi) is 4.45. The molecular weight excluding hydrogens is 324 g/mol. The molecule has 3 rings (SSSR count). The summed E-state index contributed by atoms with van der Waals surface area (Å²) in [6, 6.07) is 7.91. The van der Waals surface area contributed by atoms with Gasteiger partial charge in [-0.3, -0.25) is 0 Å². The summed E-state index contributed by atoms with van der Waals surface area (Å²) in [7, 11) is -2.88. The lowest BCUT2D eigenvalue weighted by atomic mass is 10.2. The van der Waals surface area contributed by atoms with Gasteiger partial charge in [-0.25, -0.2) is 18.4 Å². The molecule has 0 spiro atoms. The fourth-order valence-corrected chi connectivity index (χ4v) is 3.78. The predicted molar refractivity (Wildman–Crippen MR) is 97.7 cm³/mol. The minimum absolute atomic E-state index is 0.246. The molecular formula is C17H22N4O2S. The van der Waals surface area contributed by atoms with Crippen LogP contribution in [0.5, 0.6) is 0 Å². The van der Waals surface area contributed by atoms with Gasteiger partial charge in [0.1, 0.15) is 21.2 Å². The van der Waals surface area contributed by atoms with E-state index in [9.17, 15) is 8.42 Å². The van der Waals surface area contributed by atoms with E-state index in [0.29, 0.717) is 12.2 Å². The van der Waals surface area contributed by atoms with E-state index in [1.807, 2.05) is 31.2 Å². The Morgan fingerprint density at radius 1 is 1.12 bits per heavy atom. The maximum absolute atomic E-state index is 11.2. The van der Waals surface area contributed by atoms with Gasteiger partial charge in [-0.05, 0) is 25.8 Å². The molecule has 0 fully saturated rings. The predicted octanol–water partition coefficient (Wildman–Crippen LogP) is 2.69. The van der Waals surface area contributed by atoms with E-state index in [-0.39, 0.29) is 5.75 Å². The van der Waals surface area contributed by atoms with E-state index < -0.39 is 9.84 Å². The number of nitrogens with zero attached hydrogens (tertiary/aromatic N) is 3. The number of pyridine rings is 1. The summed E-state index contributed by atoms with van der Waals surface area (Å²) in [6.45, 7) is 2.75. The van der Waals surface area contributed by atoms with E-state index in [4.69, 9.17) is 5.73 Å². The van der Waals surface area contributed by atoms with Crippen molar-refractivity contribution in [3.05, 3.63) is 30.1 Å². The van der Waals surface area contributed by atoms with Crippen molar-refractivity contribution in [3.8, 4) is 0 Å². The van der Waals surface area contributed by atoms with E-state index in [0.717, 1.165) is 47.1 Å². The quantitative estimate of drug-likeness (QED) is 0.693. The number of para-hydroxylation sites is 1. The maximum Gasteiger partial charge on any atom is 0.152 e. The molecule has 3 aromatic rings. The van der Waals surface area contributed by atoms with Crippen LogP contribution in [-0.4, -0.2) is 35.0 Å². The van der Waals surface area contributed by atoms with Crippen molar-refractivity contribution in [1.29, 1.82) is 0 Å². The lowest BCUT2D eigenvalue weighted by Gasteiger charge is -2.09. The zero-order valence-corrected chi connectivity index (χ0v) is 14.8. The zero-order valence-electron chi connectivity index (χ0n) is 14.0. The molecule has 0 aliphatic rings. The molecule has 7 heteroatoms. The third kappa shape index (κ3) is 3.36. The molecule has 0 bridgehead atoms. The number of sulfone groups is 1. The summed E-state index contributed by atoms with van der Waals surface area (Å²) in [6.07, 6.45) is 3.74. The Labute approximate surface area is 141 Å². The second kappa shape index (κ2) is 6.39. The summed E-state index contributed by atoms with van der Waals surface area (Å²) < 4.78 is 24.6. The highest BCUT2D eigenvalue weighted by Crippen LogP contribution is 2.28. The third-order valence-corrected chi connectivity index (χ3v) is 5.23. The number of rotatable bonds is 6. The SMILES string of the molecule is Cc1nc2c(N)nc3ccccc3c2n1CCCCCS(C)(=O)=O. The standard InChI is InChI=1S/C17H22N4O2S/c1-12-19-15-16(13-8-4-5-9-14(13)20-17(15)18)21(12)10-6-3-7-11-24(2,22)23/h4-5,8-9H,3,6-7,10-11H2,1-2H3,(H2,18,20). The number of aromatic nitrogens is 3. The van der Waals surface area contributed by atoms with E-state index in [2.05, 4.69) is 14.5 Å². The van der Waals surface area contributed by atoms with Crippen LogP contribution in [0.4, 0.5) is 5.82 Å². The van der Waals surface area contributed by atoms with Crippen molar-refractivity contribution in [2.24, 2.45) is 0 Å². The average molecular weight is 346 g/mol. The Hall–Kier alpha value is -2.15. The first-order chi connectivity index (χ1) is 11.4. The lowest BCUT2D eigenvalue weighted by Crippen LogP contribution is -2.05. The van der Waals surface area contributed by atoms with Crippen LogP contribution in [0.25, 0.3) is 21.9 Å². The highest BCUT2D eigenvalue weighted by molar-refractivity contribution is 7.90. The van der Waals surface area contributed by atoms with Crippen LogP contribution in [0.2, 0.25) is 0 Å². The molecule has 0 amide bonds. The third-order valence-electron chi connectivity index (χ3n) is 4.20. The number of anilines is 1.